The summed E-state index contributed by atoms with van der Waals surface area (Å²) >= 11 is 0. The molecule has 11 aromatic rings. The average Bonchev–Trinajstić information content (AvgIpc) is 3.78. The van der Waals surface area contributed by atoms with E-state index in [-0.39, 0.29) is 0 Å². The van der Waals surface area contributed by atoms with E-state index in [0.29, 0.717) is 0 Å². The van der Waals surface area contributed by atoms with Gasteiger partial charge in [-0.05, 0) is 117 Å². The van der Waals surface area contributed by atoms with Crippen LogP contribution in [-0.4, -0.2) is 9.55 Å². The smallest absolute Gasteiger partial charge is 0.145 e. The van der Waals surface area contributed by atoms with Crippen LogP contribution in [0.15, 0.2) is 261 Å². The van der Waals surface area contributed by atoms with Crippen molar-refractivity contribution >= 4 is 28.1 Å². The maximum Gasteiger partial charge on any atom is 0.145 e. The molecular formula is C61H43N3. The molecule has 1 aromatic heterocycles. The number of para-hydroxylation sites is 2. The second kappa shape index (κ2) is 17.1. The van der Waals surface area contributed by atoms with Crippen molar-refractivity contribution in [2.45, 2.75) is 0 Å². The largest absolute Gasteiger partial charge is 0.311 e. The summed E-state index contributed by atoms with van der Waals surface area (Å²) in [6.45, 7) is 0. The van der Waals surface area contributed by atoms with Gasteiger partial charge in [-0.1, -0.05) is 194 Å². The highest BCUT2D eigenvalue weighted by Gasteiger charge is 2.18. The Hall–Kier alpha value is -8.53. The van der Waals surface area contributed by atoms with Gasteiger partial charge in [0.25, 0.3) is 0 Å². The van der Waals surface area contributed by atoms with Crippen LogP contribution in [-0.2, 0) is 0 Å². The number of rotatable bonds is 10. The van der Waals surface area contributed by atoms with Crippen molar-refractivity contribution < 1.29 is 0 Å². The van der Waals surface area contributed by atoms with Crippen LogP contribution in [0.3, 0.4) is 0 Å². The van der Waals surface area contributed by atoms with E-state index in [1.54, 1.807) is 0 Å². The van der Waals surface area contributed by atoms with Crippen molar-refractivity contribution in [1.82, 2.24) is 9.55 Å². The fourth-order valence-electron chi connectivity index (χ4n) is 8.81. The third-order valence-electron chi connectivity index (χ3n) is 12.0. The third-order valence-corrected chi connectivity index (χ3v) is 12.0. The molecule has 1 heterocycles. The van der Waals surface area contributed by atoms with E-state index in [9.17, 15) is 0 Å². The summed E-state index contributed by atoms with van der Waals surface area (Å²) in [5, 5.41) is 0. The summed E-state index contributed by atoms with van der Waals surface area (Å²) in [5.41, 5.74) is 19.2. The van der Waals surface area contributed by atoms with Crippen LogP contribution >= 0.6 is 0 Å². The molecule has 0 aliphatic heterocycles. The number of aromatic nitrogens is 2. The predicted molar refractivity (Wildman–Crippen MR) is 268 cm³/mol. The summed E-state index contributed by atoms with van der Waals surface area (Å²) in [7, 11) is 0. The normalized spacial score (nSPS) is 11.1. The first-order valence-electron chi connectivity index (χ1n) is 21.8. The lowest BCUT2D eigenvalue weighted by Crippen LogP contribution is -2.09. The van der Waals surface area contributed by atoms with Crippen LogP contribution in [0.1, 0.15) is 0 Å². The second-order valence-electron chi connectivity index (χ2n) is 16.0. The standard InChI is InChI=1S/C61H43N3/c1-5-16-44(17-6-1)46-30-36-55(37-31-46)63(56-38-32-47(33-39-56)51-23-13-22-50(42-51)45-18-7-2-8-19-45)57-40-34-48(35-41-57)52-24-14-25-53(43-52)58-28-15-29-59-60(58)62-61(49-20-9-3-10-21-49)64(59)54-26-11-4-12-27-54/h1-43H. The lowest BCUT2D eigenvalue weighted by Gasteiger charge is -2.26. The van der Waals surface area contributed by atoms with E-state index in [1.807, 2.05) is 6.07 Å². The van der Waals surface area contributed by atoms with Gasteiger partial charge >= 0.3 is 0 Å². The zero-order chi connectivity index (χ0) is 42.7. The Morgan fingerprint density at radius 3 is 1.14 bits per heavy atom. The van der Waals surface area contributed by atoms with Gasteiger partial charge in [-0.3, -0.25) is 4.57 Å². The molecule has 0 N–H and O–H groups in total. The zero-order valence-electron chi connectivity index (χ0n) is 35.2. The lowest BCUT2D eigenvalue weighted by atomic mass is 9.97. The lowest BCUT2D eigenvalue weighted by molar-refractivity contribution is 1.10. The minimum absolute atomic E-state index is 0.923. The highest BCUT2D eigenvalue weighted by Crippen LogP contribution is 2.40. The zero-order valence-corrected chi connectivity index (χ0v) is 35.2. The van der Waals surface area contributed by atoms with Gasteiger partial charge in [-0.2, -0.15) is 0 Å². The minimum Gasteiger partial charge on any atom is -0.311 e. The number of hydrogen-bond acceptors (Lipinski definition) is 2. The first-order chi connectivity index (χ1) is 31.7. The number of hydrogen-bond donors (Lipinski definition) is 0. The molecule has 0 radical (unpaired) electrons. The number of fused-ring (bicyclic) bond motifs is 1. The van der Waals surface area contributed by atoms with Gasteiger partial charge in [0.15, 0.2) is 0 Å². The van der Waals surface area contributed by atoms with Crippen molar-refractivity contribution in [2.24, 2.45) is 0 Å². The van der Waals surface area contributed by atoms with Crippen LogP contribution in [0.2, 0.25) is 0 Å². The molecule has 0 aliphatic carbocycles. The molecule has 10 aromatic carbocycles. The Morgan fingerprint density at radius 1 is 0.281 bits per heavy atom. The third kappa shape index (κ3) is 7.57. The number of anilines is 3. The molecule has 0 saturated carbocycles. The highest BCUT2D eigenvalue weighted by atomic mass is 15.1. The van der Waals surface area contributed by atoms with E-state index in [4.69, 9.17) is 4.98 Å². The molecule has 3 nitrogen and oxygen atoms in total. The molecule has 64 heavy (non-hydrogen) atoms. The molecule has 0 amide bonds. The fraction of sp³-hybridized carbons (Fsp3) is 0. The Balaban J connectivity index is 0.944. The molecule has 0 atom stereocenters. The fourth-order valence-corrected chi connectivity index (χ4v) is 8.81. The first kappa shape index (κ1) is 38.4. The van der Waals surface area contributed by atoms with E-state index < -0.39 is 0 Å². The summed E-state index contributed by atoms with van der Waals surface area (Å²) in [6.07, 6.45) is 0. The number of nitrogens with zero attached hydrogens (tertiary/aromatic N) is 3. The molecule has 302 valence electrons. The molecule has 0 bridgehead atoms. The van der Waals surface area contributed by atoms with Crippen molar-refractivity contribution in [3.05, 3.63) is 261 Å². The van der Waals surface area contributed by atoms with Crippen LogP contribution in [0.4, 0.5) is 17.1 Å². The van der Waals surface area contributed by atoms with Gasteiger partial charge in [0.2, 0.25) is 0 Å². The van der Waals surface area contributed by atoms with Gasteiger partial charge in [0, 0.05) is 33.9 Å². The molecule has 0 saturated heterocycles. The molecule has 0 aliphatic rings. The van der Waals surface area contributed by atoms with Crippen molar-refractivity contribution in [1.29, 1.82) is 0 Å². The highest BCUT2D eigenvalue weighted by molar-refractivity contribution is 5.96. The molecule has 3 heteroatoms. The monoisotopic (exact) mass is 817 g/mol. The molecule has 11 rings (SSSR count). The SMILES string of the molecule is c1ccc(-c2ccc(N(c3ccc(-c4cccc(-c5ccccc5)c4)cc3)c3ccc(-c4cccc(-c5cccc6c5nc(-c5ccccc5)n6-c5ccccc5)c4)cc3)cc2)cc1. The van der Waals surface area contributed by atoms with Crippen LogP contribution in [0.5, 0.6) is 0 Å². The van der Waals surface area contributed by atoms with E-state index in [1.165, 1.54) is 33.4 Å². The van der Waals surface area contributed by atoms with Gasteiger partial charge in [0.05, 0.1) is 11.0 Å². The summed E-state index contributed by atoms with van der Waals surface area (Å²) in [4.78, 5) is 7.69. The predicted octanol–water partition coefficient (Wildman–Crippen LogP) is 16.5. The Labute approximate surface area is 374 Å². The van der Waals surface area contributed by atoms with Crippen molar-refractivity contribution in [2.75, 3.05) is 4.90 Å². The molecule has 0 fully saturated rings. The van der Waals surface area contributed by atoms with Gasteiger partial charge in [-0.25, -0.2) is 4.98 Å². The quantitative estimate of drug-likeness (QED) is 0.137. The van der Waals surface area contributed by atoms with Crippen LogP contribution in [0, 0.1) is 0 Å². The van der Waals surface area contributed by atoms with E-state index in [0.717, 1.165) is 67.4 Å². The topological polar surface area (TPSA) is 21.1 Å². The van der Waals surface area contributed by atoms with Crippen molar-refractivity contribution in [3.8, 4) is 72.7 Å². The van der Waals surface area contributed by atoms with Gasteiger partial charge in [-0.15, -0.1) is 0 Å². The summed E-state index contributed by atoms with van der Waals surface area (Å²) in [5.74, 6) is 0.923. The van der Waals surface area contributed by atoms with Crippen molar-refractivity contribution in [3.63, 3.8) is 0 Å². The Kier molecular flexibility index (Phi) is 10.3. The second-order valence-corrected chi connectivity index (χ2v) is 16.0. The van der Waals surface area contributed by atoms with E-state index in [2.05, 4.69) is 264 Å². The maximum absolute atomic E-state index is 5.35. The van der Waals surface area contributed by atoms with Crippen LogP contribution in [0.25, 0.3) is 83.7 Å². The average molecular weight is 818 g/mol. The molecular weight excluding hydrogens is 775 g/mol. The first-order valence-corrected chi connectivity index (χ1v) is 21.8. The Bertz CT molecular complexity index is 3320. The minimum atomic E-state index is 0.923. The maximum atomic E-state index is 5.35. The van der Waals surface area contributed by atoms with E-state index >= 15 is 0 Å². The molecule has 0 spiro atoms. The summed E-state index contributed by atoms with van der Waals surface area (Å²) in [6, 6.07) is 93.0. The Morgan fingerprint density at radius 2 is 0.641 bits per heavy atom. The van der Waals surface area contributed by atoms with Gasteiger partial charge < -0.3 is 4.90 Å². The number of benzene rings is 10. The number of imidazole rings is 1. The van der Waals surface area contributed by atoms with Crippen LogP contribution < -0.4 is 4.90 Å². The summed E-state index contributed by atoms with van der Waals surface area (Å²) < 4.78 is 2.27. The van der Waals surface area contributed by atoms with Gasteiger partial charge in [0.1, 0.15) is 5.82 Å². The molecule has 0 unspecified atom stereocenters.